The number of ether oxygens (including phenoxy) is 2. The number of hydrogen-bond donors (Lipinski definition) is 3. The minimum atomic E-state index is -0.748. The summed E-state index contributed by atoms with van der Waals surface area (Å²) in [4.78, 5) is 49.3. The second kappa shape index (κ2) is 9.87. The summed E-state index contributed by atoms with van der Waals surface area (Å²) in [5.74, 6) is 0.598. The van der Waals surface area contributed by atoms with E-state index in [4.69, 9.17) is 9.47 Å². The molecule has 4 rings (SSSR count). The normalized spacial score (nSPS) is 34.8. The highest BCUT2D eigenvalue weighted by atomic mass is 16.7. The van der Waals surface area contributed by atoms with Crippen LogP contribution in [0.25, 0.3) is 0 Å². The molecule has 0 aromatic rings. The van der Waals surface area contributed by atoms with Crippen LogP contribution >= 0.6 is 0 Å². The van der Waals surface area contributed by atoms with Gasteiger partial charge in [0.05, 0.1) is 19.3 Å². The van der Waals surface area contributed by atoms with Crippen LogP contribution in [-0.2, 0) is 28.7 Å². The molecule has 3 unspecified atom stereocenters. The first kappa shape index (κ1) is 23.2. The Morgan fingerprint density at radius 3 is 2.66 bits per heavy atom. The van der Waals surface area contributed by atoms with Gasteiger partial charge in [-0.25, -0.2) is 0 Å². The van der Waals surface area contributed by atoms with E-state index in [1.807, 2.05) is 13.8 Å². The molecule has 178 valence electrons. The molecule has 9 heteroatoms. The summed E-state index contributed by atoms with van der Waals surface area (Å²) in [6.07, 6.45) is 3.35. The summed E-state index contributed by atoms with van der Waals surface area (Å²) in [6.45, 7) is 5.83. The van der Waals surface area contributed by atoms with Gasteiger partial charge in [0, 0.05) is 24.8 Å². The van der Waals surface area contributed by atoms with Crippen LogP contribution in [0.5, 0.6) is 0 Å². The summed E-state index contributed by atoms with van der Waals surface area (Å²) in [5.41, 5.74) is 0. The summed E-state index contributed by atoms with van der Waals surface area (Å²) in [5, 5.41) is 8.40. The van der Waals surface area contributed by atoms with Crippen LogP contribution in [0.15, 0.2) is 0 Å². The molecule has 3 aliphatic heterocycles. The second-order valence-electron chi connectivity index (χ2n) is 10.2. The van der Waals surface area contributed by atoms with E-state index in [9.17, 15) is 19.2 Å². The van der Waals surface area contributed by atoms with E-state index >= 15 is 0 Å². The van der Waals surface area contributed by atoms with E-state index in [2.05, 4.69) is 16.0 Å². The van der Waals surface area contributed by atoms with Crippen molar-refractivity contribution < 1.29 is 28.7 Å². The fourth-order valence-corrected chi connectivity index (χ4v) is 5.93. The quantitative estimate of drug-likeness (QED) is 0.414. The van der Waals surface area contributed by atoms with Crippen molar-refractivity contribution in [1.82, 2.24) is 16.0 Å². The monoisotopic (exact) mass is 449 g/mol. The molecule has 8 atom stereocenters. The van der Waals surface area contributed by atoms with E-state index < -0.39 is 12.1 Å². The molecule has 3 amide bonds. The highest BCUT2D eigenvalue weighted by Gasteiger charge is 2.54. The molecule has 4 aliphatic rings. The van der Waals surface area contributed by atoms with Gasteiger partial charge in [0.2, 0.25) is 17.7 Å². The average Bonchev–Trinajstić information content (AvgIpc) is 3.41. The predicted octanol–water partition coefficient (Wildman–Crippen LogP) is 0.372. The van der Waals surface area contributed by atoms with E-state index in [0.717, 1.165) is 6.42 Å². The van der Waals surface area contributed by atoms with Gasteiger partial charge in [-0.15, -0.1) is 0 Å². The smallest absolute Gasteiger partial charge is 0.243 e. The number of carbonyl (C=O) groups excluding carboxylic acids is 4. The zero-order chi connectivity index (χ0) is 22.8. The average molecular weight is 450 g/mol. The molecule has 3 saturated heterocycles. The van der Waals surface area contributed by atoms with Crippen molar-refractivity contribution in [3.8, 4) is 0 Å². The molecule has 2 bridgehead atoms. The van der Waals surface area contributed by atoms with E-state index in [1.54, 1.807) is 0 Å². The molecule has 3 N–H and O–H groups in total. The van der Waals surface area contributed by atoms with Crippen molar-refractivity contribution in [2.45, 2.75) is 64.3 Å². The molecule has 4 fully saturated rings. The number of amides is 3. The molecule has 1 saturated carbocycles. The molecule has 1 aliphatic carbocycles. The third kappa shape index (κ3) is 4.98. The Morgan fingerprint density at radius 1 is 1.19 bits per heavy atom. The lowest BCUT2D eigenvalue weighted by Crippen LogP contribution is -2.51. The standard InChI is InChI=1S/C23H35N3O6/c1-12(2)5-19(22(30)25-15(9-27)6-13-3-4-24-21(13)29)26-20(28)8-16-14-7-17-18(16)11-32-23(17)31-10-14/h9,12-19,23H,3-8,10-11H2,1-2H3,(H,24,29)(H,25,30)(H,26,28)/t13?,14?,15-,16-,17?,18-,19-,23-/m0/s1. The van der Waals surface area contributed by atoms with Gasteiger partial charge in [0.25, 0.3) is 0 Å². The highest BCUT2D eigenvalue weighted by Crippen LogP contribution is 2.52. The van der Waals surface area contributed by atoms with Crippen molar-refractivity contribution in [1.29, 1.82) is 0 Å². The third-order valence-corrected chi connectivity index (χ3v) is 7.53. The number of hydrogen-bond acceptors (Lipinski definition) is 6. The molecule has 0 aromatic heterocycles. The van der Waals surface area contributed by atoms with Crippen LogP contribution in [0, 0.1) is 35.5 Å². The van der Waals surface area contributed by atoms with Gasteiger partial charge in [-0.2, -0.15) is 0 Å². The van der Waals surface area contributed by atoms with Crippen LogP contribution < -0.4 is 16.0 Å². The Labute approximate surface area is 188 Å². The fraction of sp³-hybridized carbons (Fsp3) is 0.826. The minimum Gasteiger partial charge on any atom is -0.356 e. The Hall–Kier alpha value is -2.00. The van der Waals surface area contributed by atoms with Crippen LogP contribution in [-0.4, -0.2) is 62.1 Å². The van der Waals surface area contributed by atoms with E-state index in [0.29, 0.717) is 63.1 Å². The van der Waals surface area contributed by atoms with E-state index in [1.165, 1.54) is 0 Å². The van der Waals surface area contributed by atoms with Crippen molar-refractivity contribution in [3.63, 3.8) is 0 Å². The molecule has 0 spiro atoms. The summed E-state index contributed by atoms with van der Waals surface area (Å²) < 4.78 is 11.5. The minimum absolute atomic E-state index is 0.0815. The van der Waals surface area contributed by atoms with Crippen molar-refractivity contribution >= 4 is 24.0 Å². The molecule has 0 radical (unpaired) electrons. The van der Waals surface area contributed by atoms with Crippen LogP contribution in [0.2, 0.25) is 0 Å². The maximum atomic E-state index is 13.0. The Kier molecular flexibility index (Phi) is 7.14. The zero-order valence-corrected chi connectivity index (χ0v) is 18.9. The first-order valence-electron chi connectivity index (χ1n) is 11.9. The van der Waals surface area contributed by atoms with Crippen molar-refractivity contribution in [2.24, 2.45) is 35.5 Å². The summed E-state index contributed by atoms with van der Waals surface area (Å²) in [7, 11) is 0. The molecule has 0 aromatic carbocycles. The maximum absolute atomic E-state index is 13.0. The number of carbonyl (C=O) groups is 4. The third-order valence-electron chi connectivity index (χ3n) is 7.53. The van der Waals surface area contributed by atoms with E-state index in [-0.39, 0.29) is 48.2 Å². The van der Waals surface area contributed by atoms with Gasteiger partial charge in [0.1, 0.15) is 12.3 Å². The molecular weight excluding hydrogens is 414 g/mol. The molecule has 3 heterocycles. The largest absolute Gasteiger partial charge is 0.356 e. The zero-order valence-electron chi connectivity index (χ0n) is 18.9. The van der Waals surface area contributed by atoms with Gasteiger partial charge in [-0.3, -0.25) is 14.4 Å². The first-order valence-corrected chi connectivity index (χ1v) is 11.9. The number of nitrogens with one attached hydrogen (secondary N) is 3. The number of fused-ring (bicyclic) bond motifs is 1. The lowest BCUT2D eigenvalue weighted by atomic mass is 9.86. The Balaban J connectivity index is 1.33. The van der Waals surface area contributed by atoms with Crippen LogP contribution in [0.3, 0.4) is 0 Å². The van der Waals surface area contributed by atoms with Crippen molar-refractivity contribution in [2.75, 3.05) is 19.8 Å². The van der Waals surface area contributed by atoms with Crippen LogP contribution in [0.1, 0.15) is 46.0 Å². The SMILES string of the molecule is CC(C)C[C@H](NC(=O)C[C@H]1C2CO[C@H]3OC[C@@H]1C3C2)C(=O)N[C@H](C=O)CC1CCNC1=O. The van der Waals surface area contributed by atoms with Crippen molar-refractivity contribution in [3.05, 3.63) is 0 Å². The summed E-state index contributed by atoms with van der Waals surface area (Å²) in [6, 6.07) is -1.46. The molecular formula is C23H35N3O6. The highest BCUT2D eigenvalue weighted by molar-refractivity contribution is 5.89. The van der Waals surface area contributed by atoms with Gasteiger partial charge < -0.3 is 30.2 Å². The summed E-state index contributed by atoms with van der Waals surface area (Å²) >= 11 is 0. The molecule has 32 heavy (non-hydrogen) atoms. The second-order valence-corrected chi connectivity index (χ2v) is 10.2. The number of aldehydes is 1. The number of rotatable bonds is 10. The van der Waals surface area contributed by atoms with Crippen LogP contribution in [0.4, 0.5) is 0 Å². The Morgan fingerprint density at radius 2 is 1.97 bits per heavy atom. The Bertz CT molecular complexity index is 743. The fourth-order valence-electron chi connectivity index (χ4n) is 5.93. The topological polar surface area (TPSA) is 123 Å². The maximum Gasteiger partial charge on any atom is 0.243 e. The lowest BCUT2D eigenvalue weighted by Gasteiger charge is -2.28. The lowest BCUT2D eigenvalue weighted by molar-refractivity contribution is -0.165. The van der Waals surface area contributed by atoms with Gasteiger partial charge in [-0.1, -0.05) is 13.8 Å². The van der Waals surface area contributed by atoms with Gasteiger partial charge >= 0.3 is 0 Å². The predicted molar refractivity (Wildman–Crippen MR) is 114 cm³/mol. The molecule has 9 nitrogen and oxygen atoms in total. The van der Waals surface area contributed by atoms with Gasteiger partial charge in [0.15, 0.2) is 6.29 Å². The van der Waals surface area contributed by atoms with Gasteiger partial charge in [-0.05, 0) is 49.4 Å². The first-order chi connectivity index (χ1) is 15.4.